The van der Waals surface area contributed by atoms with Gasteiger partial charge in [-0.1, -0.05) is 0 Å². The zero-order valence-corrected chi connectivity index (χ0v) is 14.7. The number of anilines is 2. The van der Waals surface area contributed by atoms with Crippen LogP contribution in [0.3, 0.4) is 0 Å². The lowest BCUT2D eigenvalue weighted by Gasteiger charge is -2.03. The van der Waals surface area contributed by atoms with Crippen LogP contribution >= 0.6 is 0 Å². The van der Waals surface area contributed by atoms with Crippen LogP contribution in [0.15, 0.2) is 48.9 Å². The van der Waals surface area contributed by atoms with Gasteiger partial charge in [0.05, 0.1) is 23.8 Å². The first kappa shape index (κ1) is 18.2. The lowest BCUT2D eigenvalue weighted by molar-refractivity contribution is 0.102. The molecule has 0 radical (unpaired) electrons. The quantitative estimate of drug-likeness (QED) is 0.499. The van der Waals surface area contributed by atoms with Crippen molar-refractivity contribution in [2.75, 3.05) is 11.1 Å². The Morgan fingerprint density at radius 3 is 2.66 bits per heavy atom. The Morgan fingerprint density at radius 2 is 1.97 bits per heavy atom. The first-order valence-electron chi connectivity index (χ1n) is 8.31. The molecule has 3 aromatic heterocycles. The first-order valence-corrected chi connectivity index (χ1v) is 8.31. The molecule has 4 rings (SSSR count). The number of carbonyl (C=O) groups is 2. The van der Waals surface area contributed by atoms with Crippen molar-refractivity contribution in [2.45, 2.75) is 6.43 Å². The monoisotopic (exact) mass is 397 g/mol. The van der Waals surface area contributed by atoms with Crippen LogP contribution in [0, 0.1) is 0 Å². The molecule has 0 saturated carbocycles. The third-order valence-electron chi connectivity index (χ3n) is 4.13. The normalized spacial score (nSPS) is 11.1. The van der Waals surface area contributed by atoms with E-state index < -0.39 is 18.0 Å². The maximum Gasteiger partial charge on any atom is 0.284 e. The van der Waals surface area contributed by atoms with Gasteiger partial charge in [-0.25, -0.2) is 23.0 Å². The van der Waals surface area contributed by atoms with Crippen molar-refractivity contribution in [3.05, 3.63) is 65.7 Å². The van der Waals surface area contributed by atoms with Crippen LogP contribution in [-0.2, 0) is 0 Å². The molecule has 0 unspecified atom stereocenters. The van der Waals surface area contributed by atoms with Gasteiger partial charge in [0.15, 0.2) is 11.3 Å². The minimum atomic E-state index is -2.92. The molecule has 3 heterocycles. The molecule has 146 valence electrons. The van der Waals surface area contributed by atoms with Crippen molar-refractivity contribution < 1.29 is 18.4 Å². The number of halogens is 2. The fourth-order valence-electron chi connectivity index (χ4n) is 2.72. The van der Waals surface area contributed by atoms with Crippen LogP contribution in [0.1, 0.15) is 32.8 Å². The number of nitrogens with one attached hydrogen (secondary N) is 1. The van der Waals surface area contributed by atoms with E-state index >= 15 is 0 Å². The van der Waals surface area contributed by atoms with Gasteiger partial charge in [0.2, 0.25) is 0 Å². The molecule has 0 aliphatic carbocycles. The predicted octanol–water partition coefficient (Wildman–Crippen LogP) is 2.50. The second-order valence-electron chi connectivity index (χ2n) is 6.02. The van der Waals surface area contributed by atoms with Crippen molar-refractivity contribution in [1.82, 2.24) is 24.4 Å². The smallest absolute Gasteiger partial charge is 0.284 e. The Kier molecular flexibility index (Phi) is 4.47. The summed E-state index contributed by atoms with van der Waals surface area (Å²) in [4.78, 5) is 27.4. The molecule has 4 aromatic rings. The number of benzene rings is 1. The summed E-state index contributed by atoms with van der Waals surface area (Å²) in [6, 6.07) is 7.67. The number of rotatable bonds is 5. The molecular weight excluding hydrogens is 384 g/mol. The van der Waals surface area contributed by atoms with E-state index in [0.717, 1.165) is 0 Å². The molecule has 29 heavy (non-hydrogen) atoms. The van der Waals surface area contributed by atoms with Crippen molar-refractivity contribution in [3.63, 3.8) is 0 Å². The maximum atomic E-state index is 13.5. The molecule has 9 nitrogen and oxygen atoms in total. The number of carbonyl (C=O) groups excluding carboxylic acids is 2. The molecule has 0 saturated heterocycles. The van der Waals surface area contributed by atoms with Crippen LogP contribution < -0.4 is 11.1 Å². The van der Waals surface area contributed by atoms with E-state index in [-0.39, 0.29) is 22.7 Å². The van der Waals surface area contributed by atoms with Crippen molar-refractivity contribution in [3.8, 4) is 5.69 Å². The topological polar surface area (TPSA) is 120 Å². The molecule has 0 spiro atoms. The number of hydrogen-bond acceptors (Lipinski definition) is 6. The minimum Gasteiger partial charge on any atom is -0.384 e. The lowest BCUT2D eigenvalue weighted by Crippen LogP contribution is -2.13. The largest absolute Gasteiger partial charge is 0.384 e. The van der Waals surface area contributed by atoms with Crippen LogP contribution in [-0.4, -0.2) is 36.6 Å². The summed E-state index contributed by atoms with van der Waals surface area (Å²) in [5, 5.41) is 10.3. The summed E-state index contributed by atoms with van der Waals surface area (Å²) < 4.78 is 29.4. The molecule has 0 fully saturated rings. The van der Waals surface area contributed by atoms with Crippen LogP contribution in [0.5, 0.6) is 0 Å². The Balaban J connectivity index is 1.68. The van der Waals surface area contributed by atoms with E-state index in [9.17, 15) is 18.4 Å². The van der Waals surface area contributed by atoms with Crippen LogP contribution in [0.2, 0.25) is 0 Å². The average Bonchev–Trinajstić information content (AvgIpc) is 3.32. The Morgan fingerprint density at radius 1 is 1.21 bits per heavy atom. The van der Waals surface area contributed by atoms with E-state index in [2.05, 4.69) is 20.5 Å². The summed E-state index contributed by atoms with van der Waals surface area (Å²) in [6.07, 6.45) is 1.81. The van der Waals surface area contributed by atoms with Gasteiger partial charge in [-0.3, -0.25) is 9.59 Å². The summed E-state index contributed by atoms with van der Waals surface area (Å²) in [7, 11) is 0. The molecule has 1 amide bonds. The first-order chi connectivity index (χ1) is 14.0. The standard InChI is InChI=1S/C18H13F2N7O2/c19-16(20)15-13(8-27(25-15)11-3-1-10(9-28)2-4-11)23-18(29)12-7-22-26-6-5-14(21)24-17(12)26/h1-9,16H,(H2,21,24)(H,23,29). The summed E-state index contributed by atoms with van der Waals surface area (Å²) >= 11 is 0. The fourth-order valence-corrected chi connectivity index (χ4v) is 2.72. The van der Waals surface area contributed by atoms with E-state index in [0.29, 0.717) is 17.5 Å². The number of aromatic nitrogens is 5. The predicted molar refractivity (Wildman–Crippen MR) is 99.3 cm³/mol. The van der Waals surface area contributed by atoms with Gasteiger partial charge in [0, 0.05) is 11.8 Å². The lowest BCUT2D eigenvalue weighted by atomic mass is 10.2. The van der Waals surface area contributed by atoms with Crippen LogP contribution in [0.25, 0.3) is 11.3 Å². The Hall–Kier alpha value is -4.15. The number of amides is 1. The minimum absolute atomic E-state index is 0.0700. The van der Waals surface area contributed by atoms with E-state index in [4.69, 9.17) is 5.73 Å². The molecule has 0 aliphatic heterocycles. The van der Waals surface area contributed by atoms with Crippen LogP contribution in [0.4, 0.5) is 20.3 Å². The van der Waals surface area contributed by atoms with Gasteiger partial charge < -0.3 is 11.1 Å². The molecule has 1 aromatic carbocycles. The third kappa shape index (κ3) is 3.40. The number of nitrogens with zero attached hydrogens (tertiary/aromatic N) is 5. The Labute approximate surface area is 161 Å². The highest BCUT2D eigenvalue weighted by molar-refractivity contribution is 6.08. The summed E-state index contributed by atoms with van der Waals surface area (Å²) in [6.45, 7) is 0. The number of aldehydes is 1. The van der Waals surface area contributed by atoms with Gasteiger partial charge in [-0.05, 0) is 30.3 Å². The van der Waals surface area contributed by atoms with E-state index in [1.165, 1.54) is 46.0 Å². The molecule has 0 aliphatic rings. The van der Waals surface area contributed by atoms with Gasteiger partial charge in [-0.15, -0.1) is 0 Å². The van der Waals surface area contributed by atoms with Crippen molar-refractivity contribution in [1.29, 1.82) is 0 Å². The molecule has 0 atom stereocenters. The maximum absolute atomic E-state index is 13.5. The fraction of sp³-hybridized carbons (Fsp3) is 0.0556. The van der Waals surface area contributed by atoms with Gasteiger partial charge in [-0.2, -0.15) is 10.2 Å². The zero-order valence-electron chi connectivity index (χ0n) is 14.7. The molecule has 0 bridgehead atoms. The number of alkyl halides is 2. The highest BCUT2D eigenvalue weighted by Gasteiger charge is 2.22. The highest BCUT2D eigenvalue weighted by Crippen LogP contribution is 2.27. The number of nitrogen functional groups attached to an aromatic ring is 1. The van der Waals surface area contributed by atoms with Gasteiger partial charge >= 0.3 is 0 Å². The molecular formula is C18H13F2N7O2. The van der Waals surface area contributed by atoms with Crippen molar-refractivity contribution in [2.24, 2.45) is 0 Å². The summed E-state index contributed by atoms with van der Waals surface area (Å²) in [5.41, 5.74) is 6.03. The summed E-state index contributed by atoms with van der Waals surface area (Å²) in [5.74, 6) is -0.497. The third-order valence-corrected chi connectivity index (χ3v) is 4.13. The number of fused-ring (bicyclic) bond motifs is 1. The van der Waals surface area contributed by atoms with Crippen molar-refractivity contribution >= 4 is 29.3 Å². The SMILES string of the molecule is Nc1ccn2ncc(C(=O)Nc3cn(-c4ccc(C=O)cc4)nc3C(F)F)c2n1. The number of hydrogen-bond donors (Lipinski definition) is 2. The second kappa shape index (κ2) is 7.11. The molecule has 3 N–H and O–H groups in total. The zero-order chi connectivity index (χ0) is 20.5. The van der Waals surface area contributed by atoms with Gasteiger partial charge in [0.1, 0.15) is 17.7 Å². The number of nitrogens with two attached hydrogens (primary N) is 1. The van der Waals surface area contributed by atoms with E-state index in [1.54, 1.807) is 12.1 Å². The Bertz CT molecular complexity index is 1210. The highest BCUT2D eigenvalue weighted by atomic mass is 19.3. The second-order valence-corrected chi connectivity index (χ2v) is 6.02. The molecule has 11 heteroatoms. The van der Waals surface area contributed by atoms with E-state index in [1.807, 2.05) is 0 Å². The van der Waals surface area contributed by atoms with Gasteiger partial charge in [0.25, 0.3) is 12.3 Å². The average molecular weight is 397 g/mol.